The molecule has 1 fully saturated rings. The van der Waals surface area contributed by atoms with Gasteiger partial charge >= 0.3 is 6.18 Å². The number of benzene rings is 1. The molecule has 5 rings (SSSR count). The van der Waals surface area contributed by atoms with Crippen LogP contribution in [0.4, 0.5) is 13.2 Å². The minimum Gasteiger partial charge on any atom is -0.388 e. The van der Waals surface area contributed by atoms with Crippen LogP contribution in [0.15, 0.2) is 24.3 Å². The van der Waals surface area contributed by atoms with E-state index < -0.39 is 29.5 Å². The molecule has 2 aliphatic heterocycles. The van der Waals surface area contributed by atoms with E-state index in [0.717, 1.165) is 46.6 Å². The van der Waals surface area contributed by atoms with E-state index in [9.17, 15) is 18.3 Å². The molecule has 1 aromatic heterocycles. The number of alkyl halides is 3. The Balaban J connectivity index is 0.00000289. The van der Waals surface area contributed by atoms with Gasteiger partial charge in [0.25, 0.3) is 0 Å². The summed E-state index contributed by atoms with van der Waals surface area (Å²) < 4.78 is 52.1. The third kappa shape index (κ3) is 4.50. The fraction of sp³-hybridized carbons (Fsp3) is 0.593. The van der Waals surface area contributed by atoms with Crippen molar-refractivity contribution in [2.75, 3.05) is 13.2 Å². The lowest BCUT2D eigenvalue weighted by molar-refractivity contribution is -0.137. The Morgan fingerprint density at radius 2 is 1.69 bits per heavy atom. The lowest BCUT2D eigenvalue weighted by Gasteiger charge is -2.40. The lowest BCUT2D eigenvalue weighted by Crippen LogP contribution is -2.37. The number of rotatable bonds is 2. The summed E-state index contributed by atoms with van der Waals surface area (Å²) in [5.74, 6) is 0.0942. The normalized spacial score (nSPS) is 24.7. The van der Waals surface area contributed by atoms with Crippen molar-refractivity contribution >= 4 is 12.4 Å². The molecule has 192 valence electrons. The molecule has 0 radical (unpaired) electrons. The summed E-state index contributed by atoms with van der Waals surface area (Å²) in [7, 11) is 0. The summed E-state index contributed by atoms with van der Waals surface area (Å²) in [6.45, 7) is 9.53. The fourth-order valence-corrected chi connectivity index (χ4v) is 6.02. The average Bonchev–Trinajstić information content (AvgIpc) is 3.06. The van der Waals surface area contributed by atoms with Gasteiger partial charge in [0.2, 0.25) is 0 Å². The number of ether oxygens (including phenoxy) is 2. The fourth-order valence-electron chi connectivity index (χ4n) is 6.02. The van der Waals surface area contributed by atoms with Crippen molar-refractivity contribution in [2.24, 2.45) is 5.41 Å². The average molecular weight is 512 g/mol. The van der Waals surface area contributed by atoms with Crippen LogP contribution < -0.4 is 0 Å². The number of hydrogen-bond donors (Lipinski definition) is 1. The number of aliphatic hydroxyl groups is 1. The molecule has 0 saturated carbocycles. The summed E-state index contributed by atoms with van der Waals surface area (Å²) in [6.07, 6.45) is -2.90. The minimum absolute atomic E-state index is 0. The van der Waals surface area contributed by atoms with Gasteiger partial charge in [0.05, 0.1) is 17.3 Å². The van der Waals surface area contributed by atoms with Gasteiger partial charge in [-0.15, -0.1) is 12.4 Å². The number of hydrogen-bond acceptors (Lipinski definition) is 4. The molecule has 8 heteroatoms. The summed E-state index contributed by atoms with van der Waals surface area (Å²) in [5.41, 5.74) is 3.92. The third-order valence-electron chi connectivity index (χ3n) is 7.56. The number of fused-ring (bicyclic) bond motifs is 4. The molecular formula is C27H33ClF3NO3. The van der Waals surface area contributed by atoms with Crippen LogP contribution in [0.25, 0.3) is 0 Å². The van der Waals surface area contributed by atoms with Gasteiger partial charge in [-0.2, -0.15) is 13.2 Å². The van der Waals surface area contributed by atoms with Crippen molar-refractivity contribution in [3.63, 3.8) is 0 Å². The van der Waals surface area contributed by atoms with Crippen LogP contribution in [0.3, 0.4) is 0 Å². The molecule has 0 bridgehead atoms. The Labute approximate surface area is 210 Å². The van der Waals surface area contributed by atoms with Gasteiger partial charge in [0, 0.05) is 48.6 Å². The van der Waals surface area contributed by atoms with Gasteiger partial charge < -0.3 is 14.6 Å². The zero-order valence-electron chi connectivity index (χ0n) is 20.5. The first-order chi connectivity index (χ1) is 15.9. The van der Waals surface area contributed by atoms with Crippen molar-refractivity contribution in [1.82, 2.24) is 4.98 Å². The van der Waals surface area contributed by atoms with Crippen LogP contribution in [0.5, 0.6) is 0 Å². The van der Waals surface area contributed by atoms with Crippen molar-refractivity contribution in [3.8, 4) is 0 Å². The Bertz CT molecular complexity index is 1090. The second kappa shape index (κ2) is 9.02. The molecule has 0 amide bonds. The lowest BCUT2D eigenvalue weighted by atomic mass is 9.70. The van der Waals surface area contributed by atoms with Gasteiger partial charge in [0.1, 0.15) is 6.10 Å². The molecule has 1 aromatic carbocycles. The van der Waals surface area contributed by atoms with Gasteiger partial charge in [-0.25, -0.2) is 0 Å². The van der Waals surface area contributed by atoms with Crippen molar-refractivity contribution in [3.05, 3.63) is 63.5 Å². The molecule has 1 saturated heterocycles. The van der Waals surface area contributed by atoms with E-state index in [1.807, 2.05) is 0 Å². The van der Waals surface area contributed by atoms with Gasteiger partial charge in [-0.1, -0.05) is 39.8 Å². The zero-order valence-corrected chi connectivity index (χ0v) is 21.4. The molecule has 1 spiro atoms. The molecule has 4 nitrogen and oxygen atoms in total. The number of aromatic nitrogens is 1. The predicted octanol–water partition coefficient (Wildman–Crippen LogP) is 6.78. The van der Waals surface area contributed by atoms with E-state index in [1.165, 1.54) is 12.1 Å². The Morgan fingerprint density at radius 3 is 2.26 bits per heavy atom. The highest BCUT2D eigenvalue weighted by atomic mass is 35.5. The van der Waals surface area contributed by atoms with Gasteiger partial charge in [-0.05, 0) is 47.4 Å². The topological polar surface area (TPSA) is 51.6 Å². The maximum atomic E-state index is 13.2. The number of halogens is 4. The quantitative estimate of drug-likeness (QED) is 0.483. The molecule has 35 heavy (non-hydrogen) atoms. The first-order valence-corrected chi connectivity index (χ1v) is 12.1. The Hall–Kier alpha value is -1.67. The number of aliphatic hydroxyl groups excluding tert-OH is 1. The molecular weight excluding hydrogens is 479 g/mol. The van der Waals surface area contributed by atoms with E-state index in [1.54, 1.807) is 0 Å². The monoisotopic (exact) mass is 511 g/mol. The second-order valence-corrected chi connectivity index (χ2v) is 11.1. The molecule has 1 aliphatic carbocycles. The van der Waals surface area contributed by atoms with Crippen molar-refractivity contribution < 1.29 is 27.8 Å². The summed E-state index contributed by atoms with van der Waals surface area (Å²) >= 11 is 0. The summed E-state index contributed by atoms with van der Waals surface area (Å²) in [5, 5.41) is 11.3. The van der Waals surface area contributed by atoms with Crippen LogP contribution >= 0.6 is 12.4 Å². The maximum Gasteiger partial charge on any atom is 0.416 e. The van der Waals surface area contributed by atoms with E-state index in [4.69, 9.17) is 14.5 Å². The zero-order chi connectivity index (χ0) is 24.5. The van der Waals surface area contributed by atoms with Crippen molar-refractivity contribution in [2.45, 2.75) is 83.3 Å². The smallest absolute Gasteiger partial charge is 0.388 e. The molecule has 2 atom stereocenters. The van der Waals surface area contributed by atoms with E-state index in [0.29, 0.717) is 38.0 Å². The summed E-state index contributed by atoms with van der Waals surface area (Å²) in [6, 6.07) is 5.26. The number of pyridine rings is 1. The SMILES string of the molecule is CC(C)c1nc2c(c3c1[C@@H](c1ccc(C(F)(F)F)cc1)OC31CCOCC1)[C@@H](O)CC(C)(C)C2.Cl. The van der Waals surface area contributed by atoms with Crippen LogP contribution in [-0.4, -0.2) is 23.3 Å². The van der Waals surface area contributed by atoms with Crippen LogP contribution in [0.1, 0.15) is 104 Å². The molecule has 3 heterocycles. The van der Waals surface area contributed by atoms with Crippen LogP contribution in [0.2, 0.25) is 0 Å². The molecule has 3 aliphatic rings. The molecule has 1 N–H and O–H groups in total. The first-order valence-electron chi connectivity index (χ1n) is 12.1. The van der Waals surface area contributed by atoms with Gasteiger partial charge in [-0.3, -0.25) is 4.98 Å². The Kier molecular flexibility index (Phi) is 6.80. The largest absolute Gasteiger partial charge is 0.416 e. The highest BCUT2D eigenvalue weighted by Crippen LogP contribution is 2.57. The first kappa shape index (κ1) is 26.4. The van der Waals surface area contributed by atoms with E-state index in [2.05, 4.69) is 27.7 Å². The highest BCUT2D eigenvalue weighted by Gasteiger charge is 2.52. The van der Waals surface area contributed by atoms with E-state index in [-0.39, 0.29) is 23.7 Å². The third-order valence-corrected chi connectivity index (χ3v) is 7.56. The standard InChI is InChI=1S/C27H32F3NO3.ClH/c1-15(2)23-21-22(20-18(31-23)13-25(3,4)14-19(20)32)26(9-11-33-12-10-26)34-24(21)16-5-7-17(8-6-16)27(28,29)30;/h5-8,15,19,24,32H,9-14H2,1-4H3;1H/t19-,24+;/m0./s1. The molecule has 0 unspecified atom stereocenters. The predicted molar refractivity (Wildman–Crippen MR) is 129 cm³/mol. The Morgan fingerprint density at radius 1 is 1.06 bits per heavy atom. The summed E-state index contributed by atoms with van der Waals surface area (Å²) in [4.78, 5) is 5.09. The van der Waals surface area contributed by atoms with Crippen molar-refractivity contribution in [1.29, 1.82) is 0 Å². The van der Waals surface area contributed by atoms with Crippen LogP contribution in [-0.2, 0) is 27.7 Å². The van der Waals surface area contributed by atoms with E-state index >= 15 is 0 Å². The second-order valence-electron chi connectivity index (χ2n) is 11.1. The number of nitrogens with zero attached hydrogens (tertiary/aromatic N) is 1. The maximum absolute atomic E-state index is 13.2. The molecule has 2 aromatic rings. The van der Waals surface area contributed by atoms with Crippen LogP contribution in [0, 0.1) is 5.41 Å². The minimum atomic E-state index is -4.39. The highest BCUT2D eigenvalue weighted by molar-refractivity contribution is 5.85. The van der Waals surface area contributed by atoms with Gasteiger partial charge in [0.15, 0.2) is 0 Å².